The molecule has 6 rings (SSSR count). The van der Waals surface area contributed by atoms with Crippen LogP contribution >= 0.6 is 22.7 Å². The van der Waals surface area contributed by atoms with Gasteiger partial charge in [-0.1, -0.05) is 24.3 Å². The highest BCUT2D eigenvalue weighted by atomic mass is 32.1. The summed E-state index contributed by atoms with van der Waals surface area (Å²) in [5.74, 6) is 1.86. The summed E-state index contributed by atoms with van der Waals surface area (Å²) in [5.41, 5.74) is 3.70. The Hall–Kier alpha value is -4.22. The van der Waals surface area contributed by atoms with Crippen molar-refractivity contribution in [1.29, 1.82) is 0 Å². The number of nitrogens with zero attached hydrogens (tertiary/aromatic N) is 4. The second-order valence-electron chi connectivity index (χ2n) is 8.14. The Morgan fingerprint density at radius 3 is 2.65 bits per heavy atom. The van der Waals surface area contributed by atoms with E-state index in [1.54, 1.807) is 31.9 Å². The fraction of sp³-hybridized carbons (Fsp3) is 0.154. The zero-order valence-electron chi connectivity index (χ0n) is 20.0. The van der Waals surface area contributed by atoms with Gasteiger partial charge in [-0.3, -0.25) is 4.79 Å². The summed E-state index contributed by atoms with van der Waals surface area (Å²) in [6, 6.07) is 13.0. The normalized spacial score (nSPS) is 11.3. The minimum absolute atomic E-state index is 0.0384. The molecule has 4 aromatic heterocycles. The number of imidazole rings is 1. The zero-order valence-corrected chi connectivity index (χ0v) is 21.7. The molecule has 0 radical (unpaired) electrons. The van der Waals surface area contributed by atoms with Gasteiger partial charge in [0.2, 0.25) is 4.96 Å². The lowest BCUT2D eigenvalue weighted by molar-refractivity contribution is 0.101. The number of carbonyl (C=O) groups excluding carboxylic acids is 1. The number of hydrogen-bond donors (Lipinski definition) is 0. The third-order valence-corrected chi connectivity index (χ3v) is 7.55. The quantitative estimate of drug-likeness (QED) is 0.216. The lowest BCUT2D eigenvalue weighted by atomic mass is 10.1. The molecule has 0 aliphatic heterocycles. The monoisotopic (exact) mass is 532 g/mol. The predicted octanol–water partition coefficient (Wildman–Crippen LogP) is 6.13. The summed E-state index contributed by atoms with van der Waals surface area (Å²) in [6.07, 6.45) is 1.80. The molecule has 0 bridgehead atoms. The van der Waals surface area contributed by atoms with Gasteiger partial charge in [0.15, 0.2) is 11.5 Å². The first-order chi connectivity index (χ1) is 18.0. The van der Waals surface area contributed by atoms with Gasteiger partial charge < -0.3 is 18.6 Å². The van der Waals surface area contributed by atoms with Gasteiger partial charge >= 0.3 is 0 Å². The molecule has 0 spiro atoms. The summed E-state index contributed by atoms with van der Waals surface area (Å²) < 4.78 is 24.6. The van der Waals surface area contributed by atoms with E-state index in [2.05, 4.69) is 10.1 Å². The Morgan fingerprint density at radius 2 is 1.92 bits per heavy atom. The van der Waals surface area contributed by atoms with E-state index < -0.39 is 0 Å². The summed E-state index contributed by atoms with van der Waals surface area (Å²) in [4.78, 5) is 21.5. The van der Waals surface area contributed by atoms with Crippen molar-refractivity contribution in [2.75, 3.05) is 14.2 Å². The van der Waals surface area contributed by atoms with E-state index in [0.717, 1.165) is 21.7 Å². The first kappa shape index (κ1) is 23.2. The third-order valence-electron chi connectivity index (χ3n) is 5.73. The summed E-state index contributed by atoms with van der Waals surface area (Å²) >= 11 is 2.87. The maximum Gasteiger partial charge on any atom is 0.294 e. The molecule has 0 saturated heterocycles. The molecule has 6 aromatic rings. The van der Waals surface area contributed by atoms with E-state index >= 15 is 0 Å². The minimum Gasteiger partial charge on any atom is -0.496 e. The Balaban J connectivity index is 1.26. The molecule has 37 heavy (non-hydrogen) atoms. The van der Waals surface area contributed by atoms with Crippen molar-refractivity contribution in [3.05, 3.63) is 65.3 Å². The summed E-state index contributed by atoms with van der Waals surface area (Å²) in [6.45, 7) is 1.83. The number of ether oxygens (including phenoxy) is 3. The second-order valence-corrected chi connectivity index (χ2v) is 9.92. The Kier molecular flexibility index (Phi) is 5.85. The average molecular weight is 533 g/mol. The van der Waals surface area contributed by atoms with Crippen LogP contribution in [-0.4, -0.2) is 39.6 Å². The second kappa shape index (κ2) is 9.34. The highest BCUT2D eigenvalue weighted by molar-refractivity contribution is 7.18. The molecule has 0 fully saturated rings. The summed E-state index contributed by atoms with van der Waals surface area (Å²) in [7, 11) is 3.17. The van der Waals surface area contributed by atoms with Crippen LogP contribution in [0.15, 0.2) is 58.5 Å². The maximum absolute atomic E-state index is 11.5. The first-order valence-electron chi connectivity index (χ1n) is 11.2. The van der Waals surface area contributed by atoms with Gasteiger partial charge in [-0.15, -0.1) is 16.4 Å². The highest BCUT2D eigenvalue weighted by Gasteiger charge is 2.17. The molecule has 0 N–H and O–H groups in total. The predicted molar refractivity (Wildman–Crippen MR) is 141 cm³/mol. The van der Waals surface area contributed by atoms with Gasteiger partial charge in [0.1, 0.15) is 34.4 Å². The van der Waals surface area contributed by atoms with E-state index in [4.69, 9.17) is 23.6 Å². The number of carbonyl (C=O) groups is 1. The van der Waals surface area contributed by atoms with Gasteiger partial charge in [0.05, 0.1) is 31.5 Å². The third kappa shape index (κ3) is 4.43. The number of Topliss-reactive ketones (excluding diaryl/α,β-unsaturated/α-hetero) is 1. The molecule has 2 aromatic carbocycles. The number of rotatable bonds is 8. The van der Waals surface area contributed by atoms with Crippen LogP contribution in [0.3, 0.4) is 0 Å². The van der Waals surface area contributed by atoms with Crippen LogP contribution in [0, 0.1) is 0 Å². The minimum atomic E-state index is 0.0384. The topological polar surface area (TPSA) is 101 Å². The molecule has 0 amide bonds. The van der Waals surface area contributed by atoms with Crippen molar-refractivity contribution >= 4 is 44.4 Å². The van der Waals surface area contributed by atoms with E-state index in [1.807, 2.05) is 47.8 Å². The van der Waals surface area contributed by atoms with E-state index in [1.165, 1.54) is 22.7 Å². The highest BCUT2D eigenvalue weighted by Crippen LogP contribution is 2.38. The Morgan fingerprint density at radius 1 is 1.08 bits per heavy atom. The van der Waals surface area contributed by atoms with Crippen molar-refractivity contribution in [2.24, 2.45) is 0 Å². The van der Waals surface area contributed by atoms with Gasteiger partial charge in [-0.2, -0.15) is 0 Å². The fourth-order valence-electron chi connectivity index (χ4n) is 3.83. The van der Waals surface area contributed by atoms with Gasteiger partial charge in [0.25, 0.3) is 5.19 Å². The first-order valence-corrected chi connectivity index (χ1v) is 12.9. The Bertz CT molecular complexity index is 1710. The number of thiazole rings is 1. The SMILES string of the molecule is COc1cc(OCc2csc(-c3ccc(C(C)=O)cc3)n2)c2cc(-c3cn4nc(OC)sc4n3)oc2c1. The van der Waals surface area contributed by atoms with E-state index in [-0.39, 0.29) is 12.4 Å². The number of fused-ring (bicyclic) bond motifs is 2. The number of methoxy groups -OCH3 is 2. The molecule has 0 unspecified atom stereocenters. The number of ketones is 1. The lowest BCUT2D eigenvalue weighted by Crippen LogP contribution is -1.97. The van der Waals surface area contributed by atoms with Crippen LogP contribution in [0.5, 0.6) is 16.7 Å². The van der Waals surface area contributed by atoms with Crippen molar-refractivity contribution in [3.63, 3.8) is 0 Å². The number of hydrogen-bond acceptors (Lipinski definition) is 10. The van der Waals surface area contributed by atoms with Gasteiger partial charge in [-0.05, 0) is 24.3 Å². The van der Waals surface area contributed by atoms with Gasteiger partial charge in [0, 0.05) is 28.6 Å². The summed E-state index contributed by atoms with van der Waals surface area (Å²) in [5, 5.41) is 8.48. The molecule has 186 valence electrons. The van der Waals surface area contributed by atoms with Crippen LogP contribution in [0.25, 0.3) is 38.0 Å². The van der Waals surface area contributed by atoms with E-state index in [0.29, 0.717) is 44.3 Å². The standard InChI is InChI=1S/C26H20N4O5S2/c1-14(31)15-4-6-16(7-5-15)24-27-17(13-36-24)12-34-21-8-18(32-2)9-22-19(21)10-23(35-22)20-11-30-25(28-20)37-26(29-30)33-3/h4-11,13H,12H2,1-3H3. The zero-order chi connectivity index (χ0) is 25.5. The molecule has 0 atom stereocenters. The van der Waals surface area contributed by atoms with Gasteiger partial charge in [-0.25, -0.2) is 14.5 Å². The Labute approximate surface area is 218 Å². The molecule has 0 aliphatic carbocycles. The maximum atomic E-state index is 11.5. The molecule has 0 aliphatic rings. The molecule has 9 nitrogen and oxygen atoms in total. The van der Waals surface area contributed by atoms with Crippen LogP contribution in [0.4, 0.5) is 0 Å². The largest absolute Gasteiger partial charge is 0.496 e. The fourth-order valence-corrected chi connectivity index (χ4v) is 5.34. The van der Waals surface area contributed by atoms with Crippen molar-refractivity contribution in [3.8, 4) is 38.7 Å². The molecular weight excluding hydrogens is 512 g/mol. The van der Waals surface area contributed by atoms with Crippen LogP contribution < -0.4 is 14.2 Å². The van der Waals surface area contributed by atoms with Crippen molar-refractivity contribution < 1.29 is 23.4 Å². The smallest absolute Gasteiger partial charge is 0.294 e. The van der Waals surface area contributed by atoms with Crippen LogP contribution in [0.1, 0.15) is 23.0 Å². The molecular formula is C26H20N4O5S2. The molecule has 11 heteroatoms. The van der Waals surface area contributed by atoms with E-state index in [9.17, 15) is 4.79 Å². The molecule has 0 saturated carbocycles. The lowest BCUT2D eigenvalue weighted by Gasteiger charge is -2.08. The van der Waals surface area contributed by atoms with Crippen LogP contribution in [-0.2, 0) is 6.61 Å². The number of aromatic nitrogens is 4. The van der Waals surface area contributed by atoms with Crippen LogP contribution in [0.2, 0.25) is 0 Å². The average Bonchev–Trinajstić information content (AvgIpc) is 3.69. The van der Waals surface area contributed by atoms with Crippen molar-refractivity contribution in [1.82, 2.24) is 19.6 Å². The molecule has 4 heterocycles. The number of furan rings is 1. The van der Waals surface area contributed by atoms with Crippen molar-refractivity contribution in [2.45, 2.75) is 13.5 Å². The number of benzene rings is 2.